The maximum Gasteiger partial charge on any atom is 0.0417 e. The Morgan fingerprint density at radius 2 is 1.88 bits per heavy atom. The highest BCUT2D eigenvalue weighted by atomic mass is 79.9. The van der Waals surface area contributed by atoms with E-state index in [4.69, 9.17) is 11.6 Å². The van der Waals surface area contributed by atoms with Crippen LogP contribution in [0.4, 0.5) is 0 Å². The van der Waals surface area contributed by atoms with Crippen LogP contribution in [0.25, 0.3) is 0 Å². The Kier molecular flexibility index (Phi) is 2.74. The van der Waals surface area contributed by atoms with Crippen LogP contribution < -0.4 is 0 Å². The molecule has 0 radical (unpaired) electrons. The highest BCUT2D eigenvalue weighted by Gasteiger charge is 2.16. The van der Waals surface area contributed by atoms with Crippen molar-refractivity contribution in [3.63, 3.8) is 0 Å². The predicted octanol–water partition coefficient (Wildman–Crippen LogP) is 5.16. The molecule has 0 bridgehead atoms. The lowest BCUT2D eigenvalue weighted by Crippen LogP contribution is -1.99. The zero-order valence-corrected chi connectivity index (χ0v) is 11.5. The van der Waals surface area contributed by atoms with Gasteiger partial charge >= 0.3 is 0 Å². The van der Waals surface area contributed by atoms with E-state index < -0.39 is 0 Å². The Hall–Kier alpha value is -0.440. The zero-order valence-electron chi connectivity index (χ0n) is 8.34. The van der Waals surface area contributed by atoms with Crippen LogP contribution in [0.15, 0.2) is 50.7 Å². The van der Waals surface area contributed by atoms with E-state index >= 15 is 0 Å². The first-order valence-electron chi connectivity index (χ1n) is 4.97. The van der Waals surface area contributed by atoms with E-state index in [9.17, 15) is 0 Å². The van der Waals surface area contributed by atoms with Crippen molar-refractivity contribution in [1.29, 1.82) is 0 Å². The third kappa shape index (κ3) is 1.90. The fraction of sp³-hybridized carbons (Fsp3) is 0.0769. The molecule has 0 nitrogen and oxygen atoms in total. The number of fused-ring (bicyclic) bond motifs is 2. The van der Waals surface area contributed by atoms with Crippen molar-refractivity contribution in [3.05, 3.63) is 57.0 Å². The molecule has 3 rings (SSSR count). The van der Waals surface area contributed by atoms with Crippen LogP contribution in [0.5, 0.6) is 0 Å². The second-order valence-corrected chi connectivity index (χ2v) is 6.22. The van der Waals surface area contributed by atoms with E-state index in [0.717, 1.165) is 15.9 Å². The van der Waals surface area contributed by atoms with Gasteiger partial charge in [-0.05, 0) is 47.9 Å². The molecule has 1 aliphatic heterocycles. The maximum absolute atomic E-state index is 6.01. The standard InChI is InChI=1S/C13H8BrClS/c14-10-2-4-12-9(6-10)5-8-1-3-11(15)7-13(8)16-12/h1-4,6-7H,5H2. The molecule has 80 valence electrons. The van der Waals surface area contributed by atoms with Gasteiger partial charge in [-0.2, -0.15) is 0 Å². The monoisotopic (exact) mass is 310 g/mol. The van der Waals surface area contributed by atoms with Crippen molar-refractivity contribution in [2.45, 2.75) is 16.2 Å². The molecule has 2 aromatic rings. The fourth-order valence-electron chi connectivity index (χ4n) is 1.88. The molecule has 0 saturated heterocycles. The minimum absolute atomic E-state index is 0.812. The van der Waals surface area contributed by atoms with Crippen LogP contribution in [0.3, 0.4) is 0 Å². The van der Waals surface area contributed by atoms with Crippen LogP contribution in [0.2, 0.25) is 5.02 Å². The third-order valence-electron chi connectivity index (χ3n) is 2.65. The molecule has 0 fully saturated rings. The van der Waals surface area contributed by atoms with Crippen molar-refractivity contribution in [3.8, 4) is 0 Å². The predicted molar refractivity (Wildman–Crippen MR) is 72.5 cm³/mol. The average Bonchev–Trinajstić information content (AvgIpc) is 2.26. The first-order valence-corrected chi connectivity index (χ1v) is 6.96. The van der Waals surface area contributed by atoms with Crippen LogP contribution in [-0.2, 0) is 6.42 Å². The third-order valence-corrected chi connectivity index (χ3v) is 4.60. The minimum atomic E-state index is 0.812. The number of rotatable bonds is 0. The Morgan fingerprint density at radius 3 is 2.75 bits per heavy atom. The van der Waals surface area contributed by atoms with Crippen molar-refractivity contribution < 1.29 is 0 Å². The molecule has 0 aromatic heterocycles. The van der Waals surface area contributed by atoms with Gasteiger partial charge in [0.25, 0.3) is 0 Å². The van der Waals surface area contributed by atoms with Gasteiger partial charge in [0.15, 0.2) is 0 Å². The Balaban J connectivity index is 2.09. The molecule has 1 aliphatic rings. The van der Waals surface area contributed by atoms with Gasteiger partial charge in [0.2, 0.25) is 0 Å². The summed E-state index contributed by atoms with van der Waals surface area (Å²) >= 11 is 11.3. The lowest BCUT2D eigenvalue weighted by molar-refractivity contribution is 1.05. The summed E-state index contributed by atoms with van der Waals surface area (Å²) in [5, 5.41) is 0.812. The SMILES string of the molecule is Clc1ccc2c(c1)Sc1ccc(Br)cc1C2. The topological polar surface area (TPSA) is 0 Å². The van der Waals surface area contributed by atoms with E-state index in [0.29, 0.717) is 0 Å². The largest absolute Gasteiger partial charge is 0.0894 e. The summed E-state index contributed by atoms with van der Waals surface area (Å²) in [7, 11) is 0. The fourth-order valence-corrected chi connectivity index (χ4v) is 3.62. The molecule has 2 aromatic carbocycles. The zero-order chi connectivity index (χ0) is 11.1. The van der Waals surface area contributed by atoms with Gasteiger partial charge in [0.05, 0.1) is 0 Å². The van der Waals surface area contributed by atoms with E-state index in [1.807, 2.05) is 12.1 Å². The van der Waals surface area contributed by atoms with E-state index in [1.54, 1.807) is 11.8 Å². The second-order valence-electron chi connectivity index (χ2n) is 3.78. The summed E-state index contributed by atoms with van der Waals surface area (Å²) in [6, 6.07) is 12.6. The molecule has 3 heteroatoms. The van der Waals surface area contributed by atoms with Crippen LogP contribution in [-0.4, -0.2) is 0 Å². The van der Waals surface area contributed by atoms with Gasteiger partial charge in [-0.3, -0.25) is 0 Å². The van der Waals surface area contributed by atoms with Crippen molar-refractivity contribution in [1.82, 2.24) is 0 Å². The minimum Gasteiger partial charge on any atom is -0.0894 e. The van der Waals surface area contributed by atoms with E-state index in [2.05, 4.69) is 40.2 Å². The van der Waals surface area contributed by atoms with E-state index in [1.165, 1.54) is 20.9 Å². The van der Waals surface area contributed by atoms with Crippen LogP contribution in [0, 0.1) is 0 Å². The van der Waals surface area contributed by atoms with Gasteiger partial charge in [-0.15, -0.1) is 0 Å². The van der Waals surface area contributed by atoms with Gasteiger partial charge in [-0.25, -0.2) is 0 Å². The number of hydrogen-bond acceptors (Lipinski definition) is 1. The molecule has 1 heterocycles. The Morgan fingerprint density at radius 1 is 1.00 bits per heavy atom. The Labute approximate surface area is 112 Å². The van der Waals surface area contributed by atoms with Gasteiger partial charge < -0.3 is 0 Å². The normalized spacial score (nSPS) is 13.1. The quantitative estimate of drug-likeness (QED) is 0.553. The van der Waals surface area contributed by atoms with Crippen LogP contribution in [0.1, 0.15) is 11.1 Å². The summed E-state index contributed by atoms with van der Waals surface area (Å²) < 4.78 is 1.14. The smallest absolute Gasteiger partial charge is 0.0417 e. The highest BCUT2D eigenvalue weighted by Crippen LogP contribution is 2.41. The van der Waals surface area contributed by atoms with Crippen LogP contribution >= 0.6 is 39.3 Å². The molecule has 0 amide bonds. The molecule has 0 spiro atoms. The molecule has 0 unspecified atom stereocenters. The summed E-state index contributed by atoms with van der Waals surface area (Å²) in [6.07, 6.45) is 0.994. The molecule has 16 heavy (non-hydrogen) atoms. The lowest BCUT2D eigenvalue weighted by Gasteiger charge is -2.19. The van der Waals surface area contributed by atoms with Crippen molar-refractivity contribution in [2.75, 3.05) is 0 Å². The lowest BCUT2D eigenvalue weighted by atomic mass is 10.0. The van der Waals surface area contributed by atoms with Gasteiger partial charge in [-0.1, -0.05) is 45.4 Å². The second kappa shape index (κ2) is 4.10. The number of halogens is 2. The number of benzene rings is 2. The molecular weight excluding hydrogens is 304 g/mol. The molecule has 0 atom stereocenters. The molecule has 0 aliphatic carbocycles. The summed E-state index contributed by atoms with van der Waals surface area (Å²) in [5.41, 5.74) is 2.74. The first-order chi connectivity index (χ1) is 7.72. The summed E-state index contributed by atoms with van der Waals surface area (Å²) in [6.45, 7) is 0. The summed E-state index contributed by atoms with van der Waals surface area (Å²) in [4.78, 5) is 2.61. The highest BCUT2D eigenvalue weighted by molar-refractivity contribution is 9.10. The van der Waals surface area contributed by atoms with Crippen molar-refractivity contribution >= 4 is 39.3 Å². The Bertz CT molecular complexity index is 514. The van der Waals surface area contributed by atoms with Gasteiger partial charge in [0.1, 0.15) is 0 Å². The average molecular weight is 312 g/mol. The molecule has 0 saturated carbocycles. The molecular formula is C13H8BrClS. The van der Waals surface area contributed by atoms with Crippen molar-refractivity contribution in [2.24, 2.45) is 0 Å². The van der Waals surface area contributed by atoms with E-state index in [-0.39, 0.29) is 0 Å². The number of hydrogen-bond donors (Lipinski definition) is 0. The summed E-state index contributed by atoms with van der Waals surface area (Å²) in [5.74, 6) is 0. The maximum atomic E-state index is 6.01. The van der Waals surface area contributed by atoms with Gasteiger partial charge in [0, 0.05) is 19.3 Å². The first kappa shape index (κ1) is 10.7. The molecule has 0 N–H and O–H groups in total.